The highest BCUT2D eigenvalue weighted by molar-refractivity contribution is 5.96. The predicted octanol–water partition coefficient (Wildman–Crippen LogP) is 2.47. The third kappa shape index (κ3) is 4.01. The van der Waals surface area contributed by atoms with Crippen molar-refractivity contribution in [3.05, 3.63) is 35.3 Å². The Morgan fingerprint density at radius 1 is 1.36 bits per heavy atom. The Labute approximate surface area is 165 Å². The molecule has 0 radical (unpaired) electrons. The number of pyridine rings is 1. The lowest BCUT2D eigenvalue weighted by atomic mass is 9.98. The smallest absolute Gasteiger partial charge is 0.259 e. The molecule has 1 N–H and O–H groups in total. The number of amides is 1. The molecule has 1 fully saturated rings. The molecule has 1 amide bonds. The van der Waals surface area contributed by atoms with Gasteiger partial charge in [-0.1, -0.05) is 0 Å². The third-order valence-corrected chi connectivity index (χ3v) is 5.10. The second-order valence-corrected chi connectivity index (χ2v) is 7.84. The summed E-state index contributed by atoms with van der Waals surface area (Å²) in [6.07, 6.45) is 3.34. The van der Waals surface area contributed by atoms with Gasteiger partial charge in [-0.05, 0) is 59.6 Å². The fourth-order valence-electron chi connectivity index (χ4n) is 3.65. The molecule has 1 aliphatic heterocycles. The number of aryl methyl sites for hydroxylation is 1. The Kier molecular flexibility index (Phi) is 5.69. The first kappa shape index (κ1) is 20.3. The zero-order chi connectivity index (χ0) is 20.5. The lowest BCUT2D eigenvalue weighted by molar-refractivity contribution is 0.0529. The van der Waals surface area contributed by atoms with E-state index in [1.165, 1.54) is 0 Å². The zero-order valence-electron chi connectivity index (χ0n) is 17.2. The summed E-state index contributed by atoms with van der Waals surface area (Å²) in [5.74, 6) is 0.266. The molecule has 2 atom stereocenters. The van der Waals surface area contributed by atoms with Crippen LogP contribution < -0.4 is 4.74 Å². The van der Waals surface area contributed by atoms with Gasteiger partial charge < -0.3 is 14.7 Å². The minimum atomic E-state index is -1.05. The molecule has 8 heteroatoms. The molecule has 1 aliphatic rings. The number of rotatable bonds is 5. The summed E-state index contributed by atoms with van der Waals surface area (Å²) in [5.41, 5.74) is 0.686. The van der Waals surface area contributed by atoms with Crippen molar-refractivity contribution in [3.8, 4) is 5.88 Å². The largest absolute Gasteiger partial charge is 0.477 e. The van der Waals surface area contributed by atoms with Crippen LogP contribution in [-0.2, 0) is 5.60 Å². The summed E-state index contributed by atoms with van der Waals surface area (Å²) < 4.78 is 5.54. The van der Waals surface area contributed by atoms with Crippen LogP contribution >= 0.6 is 0 Å². The maximum absolute atomic E-state index is 13.2. The topological polar surface area (TPSA) is 93.4 Å². The molecule has 28 heavy (non-hydrogen) atoms. The van der Waals surface area contributed by atoms with E-state index in [1.54, 1.807) is 37.0 Å². The standard InChI is InChI=1S/C20H29N5O3/c1-6-28-18-16(8-7-11-21-18)19(26)24-12-15(10-9-13(24)2)25-22-14(3)17(23-25)20(4,5)27/h7-8,11,13,15,27H,6,9-10,12H2,1-5H3/t13-,15-/m1/s1. The fourth-order valence-corrected chi connectivity index (χ4v) is 3.65. The fraction of sp³-hybridized carbons (Fsp3) is 0.600. The molecule has 2 aromatic rings. The van der Waals surface area contributed by atoms with E-state index in [0.29, 0.717) is 36.0 Å². The molecule has 0 spiro atoms. The Balaban J connectivity index is 1.85. The number of carbonyl (C=O) groups is 1. The van der Waals surface area contributed by atoms with Gasteiger partial charge >= 0.3 is 0 Å². The maximum Gasteiger partial charge on any atom is 0.259 e. The number of aliphatic hydroxyl groups is 1. The molecular formula is C20H29N5O3. The van der Waals surface area contributed by atoms with Gasteiger partial charge in [-0.3, -0.25) is 4.79 Å². The number of aromatic nitrogens is 4. The summed E-state index contributed by atoms with van der Waals surface area (Å²) in [6.45, 7) is 10.1. The van der Waals surface area contributed by atoms with Gasteiger partial charge in [-0.15, -0.1) is 0 Å². The van der Waals surface area contributed by atoms with Crippen molar-refractivity contribution >= 4 is 5.91 Å². The molecule has 2 aromatic heterocycles. The van der Waals surface area contributed by atoms with Gasteiger partial charge in [-0.2, -0.15) is 15.0 Å². The lowest BCUT2D eigenvalue weighted by Gasteiger charge is -2.37. The van der Waals surface area contributed by atoms with Gasteiger partial charge in [0.2, 0.25) is 5.88 Å². The van der Waals surface area contributed by atoms with E-state index in [4.69, 9.17) is 4.74 Å². The van der Waals surface area contributed by atoms with Crippen LogP contribution in [0.15, 0.2) is 18.3 Å². The van der Waals surface area contributed by atoms with Crippen molar-refractivity contribution in [2.24, 2.45) is 0 Å². The second kappa shape index (κ2) is 7.87. The molecule has 1 saturated heterocycles. The normalized spacial score (nSPS) is 20.3. The quantitative estimate of drug-likeness (QED) is 0.847. The van der Waals surface area contributed by atoms with Crippen LogP contribution in [-0.4, -0.2) is 55.1 Å². The van der Waals surface area contributed by atoms with Crippen LogP contribution in [0.3, 0.4) is 0 Å². The lowest BCUT2D eigenvalue weighted by Crippen LogP contribution is -2.46. The van der Waals surface area contributed by atoms with Crippen molar-refractivity contribution in [2.45, 2.75) is 65.1 Å². The highest BCUT2D eigenvalue weighted by atomic mass is 16.5. The van der Waals surface area contributed by atoms with Gasteiger partial charge in [0.15, 0.2) is 0 Å². The van der Waals surface area contributed by atoms with Crippen LogP contribution in [0.2, 0.25) is 0 Å². The first-order chi connectivity index (χ1) is 13.2. The van der Waals surface area contributed by atoms with Gasteiger partial charge in [0.25, 0.3) is 5.91 Å². The summed E-state index contributed by atoms with van der Waals surface area (Å²) in [4.78, 5) is 20.9. The predicted molar refractivity (Wildman–Crippen MR) is 104 cm³/mol. The number of hydrogen-bond donors (Lipinski definition) is 1. The van der Waals surface area contributed by atoms with Crippen molar-refractivity contribution in [1.29, 1.82) is 0 Å². The zero-order valence-corrected chi connectivity index (χ0v) is 17.2. The molecular weight excluding hydrogens is 358 g/mol. The van der Waals surface area contributed by atoms with E-state index in [0.717, 1.165) is 12.8 Å². The number of nitrogens with zero attached hydrogens (tertiary/aromatic N) is 5. The van der Waals surface area contributed by atoms with Crippen molar-refractivity contribution in [3.63, 3.8) is 0 Å². The minimum absolute atomic E-state index is 0.0397. The van der Waals surface area contributed by atoms with E-state index in [2.05, 4.69) is 22.1 Å². The van der Waals surface area contributed by atoms with Gasteiger partial charge in [0.05, 0.1) is 18.3 Å². The number of likely N-dealkylation sites (tertiary alicyclic amines) is 1. The summed E-state index contributed by atoms with van der Waals surface area (Å²) in [6, 6.07) is 3.56. The Hall–Kier alpha value is -2.48. The van der Waals surface area contributed by atoms with Crippen LogP contribution in [0.4, 0.5) is 0 Å². The molecule has 3 heterocycles. The minimum Gasteiger partial charge on any atom is -0.477 e. The SMILES string of the molecule is CCOc1ncccc1C(=O)N1C[C@H](n2nc(C)c(C(C)(C)O)n2)CC[C@H]1C. The molecule has 0 bridgehead atoms. The van der Waals surface area contributed by atoms with Gasteiger partial charge in [-0.25, -0.2) is 4.98 Å². The third-order valence-electron chi connectivity index (χ3n) is 5.10. The van der Waals surface area contributed by atoms with Crippen molar-refractivity contribution < 1.29 is 14.6 Å². The second-order valence-electron chi connectivity index (χ2n) is 7.84. The Morgan fingerprint density at radius 2 is 2.11 bits per heavy atom. The van der Waals surface area contributed by atoms with Crippen LogP contribution in [0, 0.1) is 6.92 Å². The summed E-state index contributed by atoms with van der Waals surface area (Å²) >= 11 is 0. The highest BCUT2D eigenvalue weighted by Gasteiger charge is 2.34. The summed E-state index contributed by atoms with van der Waals surface area (Å²) in [5, 5.41) is 19.3. The van der Waals surface area contributed by atoms with Crippen LogP contribution in [0.25, 0.3) is 0 Å². The summed E-state index contributed by atoms with van der Waals surface area (Å²) in [7, 11) is 0. The Morgan fingerprint density at radius 3 is 2.75 bits per heavy atom. The molecule has 0 saturated carbocycles. The molecule has 0 aromatic carbocycles. The van der Waals surface area contributed by atoms with Crippen molar-refractivity contribution in [2.75, 3.05) is 13.2 Å². The van der Waals surface area contributed by atoms with E-state index in [9.17, 15) is 9.90 Å². The van der Waals surface area contributed by atoms with E-state index in [-0.39, 0.29) is 18.0 Å². The monoisotopic (exact) mass is 387 g/mol. The Bertz CT molecular complexity index is 843. The first-order valence-corrected chi connectivity index (χ1v) is 9.77. The van der Waals surface area contributed by atoms with Crippen LogP contribution in [0.5, 0.6) is 5.88 Å². The molecule has 0 unspecified atom stereocenters. The van der Waals surface area contributed by atoms with E-state index < -0.39 is 5.60 Å². The number of carbonyl (C=O) groups excluding carboxylic acids is 1. The van der Waals surface area contributed by atoms with Crippen molar-refractivity contribution in [1.82, 2.24) is 24.9 Å². The average molecular weight is 387 g/mol. The van der Waals surface area contributed by atoms with Crippen LogP contribution in [0.1, 0.15) is 68.3 Å². The highest BCUT2D eigenvalue weighted by Crippen LogP contribution is 2.29. The molecule has 3 rings (SSSR count). The number of hydrogen-bond acceptors (Lipinski definition) is 6. The van der Waals surface area contributed by atoms with Gasteiger partial charge in [0, 0.05) is 18.8 Å². The van der Waals surface area contributed by atoms with E-state index in [1.807, 2.05) is 18.7 Å². The maximum atomic E-state index is 13.2. The van der Waals surface area contributed by atoms with E-state index >= 15 is 0 Å². The molecule has 0 aliphatic carbocycles. The molecule has 8 nitrogen and oxygen atoms in total. The number of ether oxygens (including phenoxy) is 1. The number of piperidine rings is 1. The average Bonchev–Trinajstić information content (AvgIpc) is 3.04. The first-order valence-electron chi connectivity index (χ1n) is 9.77. The molecule has 152 valence electrons. The van der Waals surface area contributed by atoms with Gasteiger partial charge in [0.1, 0.15) is 16.9 Å².